The summed E-state index contributed by atoms with van der Waals surface area (Å²) in [4.78, 5) is 0. The molecule has 1 aliphatic rings. The average molecular weight is 438 g/mol. The second-order valence-corrected chi connectivity index (χ2v) is 13.1. The molecule has 0 saturated carbocycles. The zero-order chi connectivity index (χ0) is 24.2. The first-order valence-corrected chi connectivity index (χ1v) is 13.6. The van der Waals surface area contributed by atoms with Crippen LogP contribution >= 0.6 is 0 Å². The first-order chi connectivity index (χ1) is 14.1. The van der Waals surface area contributed by atoms with Crippen LogP contribution in [0.25, 0.3) is 0 Å². The number of hydrogen-bond donors (Lipinski definition) is 2. The lowest BCUT2D eigenvalue weighted by Crippen LogP contribution is -2.55. The van der Waals surface area contributed by atoms with Gasteiger partial charge < -0.3 is 10.4 Å². The topological polar surface area (TPSA) is 32.3 Å². The van der Waals surface area contributed by atoms with Gasteiger partial charge in [0.25, 0.3) is 0 Å². The maximum atomic E-state index is 11.7. The molecule has 0 aromatic rings. The minimum atomic E-state index is -0.670. The van der Waals surface area contributed by atoms with Gasteiger partial charge in [-0.1, -0.05) is 74.1 Å². The van der Waals surface area contributed by atoms with Crippen LogP contribution in [0.3, 0.4) is 0 Å². The largest absolute Gasteiger partial charge is 0.390 e. The van der Waals surface area contributed by atoms with E-state index in [4.69, 9.17) is 0 Å². The lowest BCUT2D eigenvalue weighted by Gasteiger charge is -2.56. The van der Waals surface area contributed by atoms with Crippen molar-refractivity contribution in [3.8, 4) is 0 Å². The minimum Gasteiger partial charge on any atom is -0.390 e. The van der Waals surface area contributed by atoms with Crippen molar-refractivity contribution in [2.24, 2.45) is 40.9 Å². The predicted molar refractivity (Wildman–Crippen MR) is 138 cm³/mol. The van der Waals surface area contributed by atoms with E-state index in [1.54, 1.807) is 0 Å². The summed E-state index contributed by atoms with van der Waals surface area (Å²) in [5, 5.41) is 15.7. The van der Waals surface area contributed by atoms with Crippen molar-refractivity contribution in [2.45, 2.75) is 145 Å². The molecule has 2 heteroatoms. The van der Waals surface area contributed by atoms with Crippen molar-refractivity contribution in [3.63, 3.8) is 0 Å². The van der Waals surface area contributed by atoms with Crippen molar-refractivity contribution in [1.29, 1.82) is 0 Å². The van der Waals surface area contributed by atoms with Gasteiger partial charge in [0, 0.05) is 11.6 Å². The summed E-state index contributed by atoms with van der Waals surface area (Å²) in [5.41, 5.74) is -0.396. The third-order valence-corrected chi connectivity index (χ3v) is 9.28. The molecule has 0 spiro atoms. The van der Waals surface area contributed by atoms with Crippen LogP contribution in [0.1, 0.15) is 128 Å². The summed E-state index contributed by atoms with van der Waals surface area (Å²) >= 11 is 0. The number of nitrogens with one attached hydrogen (secondary N) is 1. The molecule has 1 fully saturated rings. The second-order valence-electron chi connectivity index (χ2n) is 13.1. The Balaban J connectivity index is 3.69. The highest BCUT2D eigenvalue weighted by Crippen LogP contribution is 2.56. The Morgan fingerprint density at radius 2 is 1.61 bits per heavy atom. The highest BCUT2D eigenvalue weighted by molar-refractivity contribution is 5.02. The zero-order valence-electron chi connectivity index (χ0n) is 23.4. The van der Waals surface area contributed by atoms with Crippen LogP contribution in [0, 0.1) is 40.9 Å². The van der Waals surface area contributed by atoms with Gasteiger partial charge in [0.15, 0.2) is 0 Å². The molecule has 1 aliphatic heterocycles. The van der Waals surface area contributed by atoms with Gasteiger partial charge in [0.1, 0.15) is 0 Å². The lowest BCUT2D eigenvalue weighted by molar-refractivity contribution is -0.124. The Morgan fingerprint density at radius 1 is 1.03 bits per heavy atom. The summed E-state index contributed by atoms with van der Waals surface area (Å²) in [6.07, 6.45) is 8.59. The molecule has 1 rings (SSSR count). The molecular weight excluding hydrogens is 378 g/mol. The van der Waals surface area contributed by atoms with Gasteiger partial charge in [0.05, 0.1) is 5.60 Å². The Kier molecular flexibility index (Phi) is 10.6. The summed E-state index contributed by atoms with van der Waals surface area (Å²) in [6, 6.07) is 0.530. The van der Waals surface area contributed by atoms with Crippen molar-refractivity contribution in [2.75, 3.05) is 0 Å². The van der Waals surface area contributed by atoms with Crippen LogP contribution in [0.5, 0.6) is 0 Å². The summed E-state index contributed by atoms with van der Waals surface area (Å²) < 4.78 is 0. The fourth-order valence-corrected chi connectivity index (χ4v) is 7.60. The van der Waals surface area contributed by atoms with Gasteiger partial charge in [-0.25, -0.2) is 0 Å². The van der Waals surface area contributed by atoms with Gasteiger partial charge in [-0.15, -0.1) is 0 Å². The van der Waals surface area contributed by atoms with Crippen LogP contribution in [0.4, 0.5) is 0 Å². The van der Waals surface area contributed by atoms with E-state index in [0.717, 1.165) is 6.42 Å². The van der Waals surface area contributed by atoms with E-state index in [1.165, 1.54) is 38.5 Å². The fourth-order valence-electron chi connectivity index (χ4n) is 7.60. The Morgan fingerprint density at radius 3 is 2.03 bits per heavy atom. The van der Waals surface area contributed by atoms with Gasteiger partial charge >= 0.3 is 0 Å². The molecule has 2 N–H and O–H groups in total. The van der Waals surface area contributed by atoms with Crippen molar-refractivity contribution in [3.05, 3.63) is 0 Å². The van der Waals surface area contributed by atoms with Crippen LogP contribution in [0.2, 0.25) is 0 Å². The molecule has 2 nitrogen and oxygen atoms in total. The lowest BCUT2D eigenvalue weighted by atomic mass is 9.51. The average Bonchev–Trinajstić information content (AvgIpc) is 2.62. The molecule has 0 aliphatic carbocycles. The molecule has 6 unspecified atom stereocenters. The highest BCUT2D eigenvalue weighted by Gasteiger charge is 2.52. The zero-order valence-corrected chi connectivity index (χ0v) is 23.4. The Hall–Kier alpha value is -0.0800. The molecule has 186 valence electrons. The summed E-state index contributed by atoms with van der Waals surface area (Å²) in [6.45, 7) is 28.3. The van der Waals surface area contributed by atoms with Crippen LogP contribution in [-0.2, 0) is 0 Å². The highest BCUT2D eigenvalue weighted by atomic mass is 16.3. The normalized spacial score (nSPS) is 35.0. The predicted octanol–water partition coefficient (Wildman–Crippen LogP) is 8.08. The van der Waals surface area contributed by atoms with E-state index < -0.39 is 5.60 Å². The van der Waals surface area contributed by atoms with Crippen LogP contribution < -0.4 is 5.32 Å². The van der Waals surface area contributed by atoms with E-state index in [-0.39, 0.29) is 11.0 Å². The number of rotatable bonds is 8. The molecular formula is C29H59NO. The molecule has 31 heavy (non-hydrogen) atoms. The minimum absolute atomic E-state index is 0.133. The summed E-state index contributed by atoms with van der Waals surface area (Å²) in [5.74, 6) is 3.39. The number of hydrogen-bond acceptors (Lipinski definition) is 2. The Bertz CT molecular complexity index is 519. The van der Waals surface area contributed by atoms with E-state index in [1.807, 2.05) is 0 Å². The quantitative estimate of drug-likeness (QED) is 0.402. The van der Waals surface area contributed by atoms with Gasteiger partial charge in [-0.05, 0) is 94.8 Å². The molecule has 0 aromatic carbocycles. The van der Waals surface area contributed by atoms with E-state index in [0.29, 0.717) is 41.5 Å². The molecule has 0 bridgehead atoms. The smallest absolute Gasteiger partial charge is 0.0627 e. The Labute approximate surface area is 196 Å². The molecule has 1 heterocycles. The van der Waals surface area contributed by atoms with Crippen molar-refractivity contribution in [1.82, 2.24) is 5.32 Å². The van der Waals surface area contributed by atoms with Crippen molar-refractivity contribution >= 4 is 0 Å². The van der Waals surface area contributed by atoms with Crippen molar-refractivity contribution < 1.29 is 5.11 Å². The standard InChI is InChI=1S/C29H59NO/c1-13-16-24-17-21(6)27(8,9)30-22(7)18-23(14-2)19-29(24,12)26(28(10,11)31)25(15-3)20(4)5/h20-26,30-31H,13-19H2,1-12H3/t21?,22?,23-,24?,25?,26?,29?/m0/s1. The maximum absolute atomic E-state index is 11.7. The molecule has 1 saturated heterocycles. The maximum Gasteiger partial charge on any atom is 0.0627 e. The van der Waals surface area contributed by atoms with E-state index >= 15 is 0 Å². The van der Waals surface area contributed by atoms with E-state index in [2.05, 4.69) is 88.4 Å². The number of aliphatic hydroxyl groups is 1. The molecule has 0 aromatic heterocycles. The van der Waals surface area contributed by atoms with Gasteiger partial charge in [0.2, 0.25) is 0 Å². The third-order valence-electron chi connectivity index (χ3n) is 9.28. The van der Waals surface area contributed by atoms with Crippen LogP contribution in [0.15, 0.2) is 0 Å². The first-order valence-electron chi connectivity index (χ1n) is 13.6. The summed E-state index contributed by atoms with van der Waals surface area (Å²) in [7, 11) is 0. The van der Waals surface area contributed by atoms with E-state index in [9.17, 15) is 5.11 Å². The third kappa shape index (κ3) is 7.20. The molecule has 0 amide bonds. The first kappa shape index (κ1) is 29.0. The second kappa shape index (κ2) is 11.4. The van der Waals surface area contributed by atoms with Crippen LogP contribution in [-0.4, -0.2) is 22.3 Å². The van der Waals surface area contributed by atoms with Gasteiger partial charge in [-0.2, -0.15) is 0 Å². The molecule has 7 atom stereocenters. The van der Waals surface area contributed by atoms with Gasteiger partial charge in [-0.3, -0.25) is 0 Å². The monoisotopic (exact) mass is 437 g/mol. The SMILES string of the molecule is CCCC1CC(C)C(C)(C)NC(C)C[C@H](CC)CC1(C)C(C(CC)C(C)C)C(C)(C)O. The fraction of sp³-hybridized carbons (Fsp3) is 1.00. The molecule has 0 radical (unpaired) electrons.